The predicted molar refractivity (Wildman–Crippen MR) is 130 cm³/mol. The second-order valence-corrected chi connectivity index (χ2v) is 10.6. The maximum Gasteiger partial charge on any atom is 0.240 e. The summed E-state index contributed by atoms with van der Waals surface area (Å²) in [5.74, 6) is 1.21. The van der Waals surface area contributed by atoms with Crippen molar-refractivity contribution in [3.8, 4) is 0 Å². The minimum atomic E-state index is -3.61. The molecule has 174 valence electrons. The van der Waals surface area contributed by atoms with E-state index < -0.39 is 15.4 Å². The molecule has 0 fully saturated rings. The summed E-state index contributed by atoms with van der Waals surface area (Å²) in [4.78, 5) is 9.56. The highest BCUT2D eigenvalue weighted by Gasteiger charge is 2.26. The third-order valence-electron chi connectivity index (χ3n) is 5.60. The lowest BCUT2D eigenvalue weighted by molar-refractivity contribution is 0.198. The number of fused-ring (bicyclic) bond motifs is 3. The van der Waals surface area contributed by atoms with E-state index in [9.17, 15) is 8.42 Å². The van der Waals surface area contributed by atoms with Gasteiger partial charge in [0.05, 0.1) is 22.5 Å². The minimum absolute atomic E-state index is 0.250. The zero-order chi connectivity index (χ0) is 23.6. The number of para-hydroxylation sites is 1. The fourth-order valence-electron chi connectivity index (χ4n) is 3.92. The minimum Gasteiger partial charge on any atom is -0.384 e. The van der Waals surface area contributed by atoms with Crippen LogP contribution in [0.3, 0.4) is 0 Å². The fourth-order valence-corrected chi connectivity index (χ4v) is 5.18. The number of hydrogen-bond donors (Lipinski definition) is 2. The summed E-state index contributed by atoms with van der Waals surface area (Å²) in [6.45, 7) is 5.35. The summed E-state index contributed by atoms with van der Waals surface area (Å²) in [5.41, 5.74) is 8.20. The average Bonchev–Trinajstić information content (AvgIpc) is 3.15. The number of aromatic nitrogens is 3. The van der Waals surface area contributed by atoms with Gasteiger partial charge in [0, 0.05) is 32.0 Å². The molecule has 2 heterocycles. The number of sulfonamides is 1. The lowest BCUT2D eigenvalue weighted by Gasteiger charge is -2.27. The Morgan fingerprint density at radius 2 is 1.76 bits per heavy atom. The summed E-state index contributed by atoms with van der Waals surface area (Å²) in [6.07, 6.45) is 0.602. The maximum absolute atomic E-state index is 12.7. The molecule has 9 heteroatoms. The molecule has 0 atom stereocenters. The van der Waals surface area contributed by atoms with Crippen LogP contribution in [0.15, 0.2) is 59.5 Å². The second kappa shape index (κ2) is 9.09. The Balaban J connectivity index is 1.71. The molecule has 2 aromatic heterocycles. The van der Waals surface area contributed by atoms with Crippen molar-refractivity contribution in [2.24, 2.45) is 5.41 Å². The van der Waals surface area contributed by atoms with Gasteiger partial charge in [0.25, 0.3) is 0 Å². The van der Waals surface area contributed by atoms with Crippen LogP contribution in [0, 0.1) is 5.41 Å². The van der Waals surface area contributed by atoms with Crippen LogP contribution in [0.1, 0.15) is 19.7 Å². The van der Waals surface area contributed by atoms with Crippen molar-refractivity contribution in [3.05, 3.63) is 60.4 Å². The van der Waals surface area contributed by atoms with Gasteiger partial charge in [-0.1, -0.05) is 50.2 Å². The monoisotopic (exact) mass is 467 g/mol. The Bertz CT molecular complexity index is 1380. The van der Waals surface area contributed by atoms with Crippen molar-refractivity contribution in [3.63, 3.8) is 0 Å². The Hall–Kier alpha value is -3.01. The van der Waals surface area contributed by atoms with Crippen LogP contribution in [0.2, 0.25) is 0 Å². The number of nitrogens with zero attached hydrogens (tertiary/aromatic N) is 3. The van der Waals surface area contributed by atoms with E-state index in [0.717, 1.165) is 22.2 Å². The van der Waals surface area contributed by atoms with Gasteiger partial charge >= 0.3 is 0 Å². The Morgan fingerprint density at radius 1 is 1.06 bits per heavy atom. The lowest BCUT2D eigenvalue weighted by atomic mass is 9.93. The third-order valence-corrected chi connectivity index (χ3v) is 7.02. The SMILES string of the molecule is COCCc1nc2c(N)nc3ccccc3c2n1CC(C)(C)CNS(=O)(=O)c1ccccc1. The summed E-state index contributed by atoms with van der Waals surface area (Å²) >= 11 is 0. The smallest absolute Gasteiger partial charge is 0.240 e. The van der Waals surface area contributed by atoms with E-state index >= 15 is 0 Å². The van der Waals surface area contributed by atoms with Gasteiger partial charge in [-0.2, -0.15) is 0 Å². The van der Waals surface area contributed by atoms with E-state index in [1.807, 2.05) is 38.1 Å². The van der Waals surface area contributed by atoms with Crippen molar-refractivity contribution in [1.82, 2.24) is 19.3 Å². The zero-order valence-corrected chi connectivity index (χ0v) is 19.9. The third kappa shape index (κ3) is 4.85. The van der Waals surface area contributed by atoms with Crippen molar-refractivity contribution in [1.29, 1.82) is 0 Å². The average molecular weight is 468 g/mol. The first kappa shape index (κ1) is 23.2. The van der Waals surface area contributed by atoms with Crippen LogP contribution in [-0.2, 0) is 27.7 Å². The molecule has 0 aliphatic rings. The number of methoxy groups -OCH3 is 1. The molecule has 0 radical (unpaired) electrons. The standard InChI is InChI=1S/C24H29N5O3S/c1-24(2,15-26-33(30,31)17-9-5-4-6-10-17)16-29-20(13-14-32-3)28-21-22(29)18-11-7-8-12-19(18)27-23(21)25/h4-12,26H,13-16H2,1-3H3,(H2,25,27). The quantitative estimate of drug-likeness (QED) is 0.390. The Kier molecular flexibility index (Phi) is 6.38. The molecule has 8 nitrogen and oxygen atoms in total. The summed E-state index contributed by atoms with van der Waals surface area (Å²) in [7, 11) is -1.95. The van der Waals surface area contributed by atoms with Gasteiger partial charge in [-0.15, -0.1) is 0 Å². The normalized spacial score (nSPS) is 12.6. The molecule has 2 aromatic carbocycles. The number of benzene rings is 2. The van der Waals surface area contributed by atoms with Gasteiger partial charge in [0.15, 0.2) is 5.82 Å². The first-order chi connectivity index (χ1) is 15.7. The summed E-state index contributed by atoms with van der Waals surface area (Å²) in [5, 5.41) is 0.957. The molecule has 0 saturated carbocycles. The lowest BCUT2D eigenvalue weighted by Crippen LogP contribution is -2.37. The van der Waals surface area contributed by atoms with Crippen molar-refractivity contribution in [2.75, 3.05) is 26.0 Å². The molecule has 0 aliphatic carbocycles. The van der Waals surface area contributed by atoms with Crippen LogP contribution in [0.25, 0.3) is 21.9 Å². The van der Waals surface area contributed by atoms with Gasteiger partial charge in [0.2, 0.25) is 10.0 Å². The van der Waals surface area contributed by atoms with E-state index in [1.54, 1.807) is 37.4 Å². The molecule has 0 unspecified atom stereocenters. The molecule has 0 amide bonds. The topological polar surface area (TPSA) is 112 Å². The van der Waals surface area contributed by atoms with E-state index in [4.69, 9.17) is 15.5 Å². The van der Waals surface area contributed by atoms with Crippen LogP contribution in [-0.4, -0.2) is 43.2 Å². The molecule has 0 bridgehead atoms. The van der Waals surface area contributed by atoms with E-state index in [-0.39, 0.29) is 11.4 Å². The summed E-state index contributed by atoms with van der Waals surface area (Å²) < 4.78 is 35.7. The number of hydrogen-bond acceptors (Lipinski definition) is 6. The molecular weight excluding hydrogens is 438 g/mol. The number of nitrogens with one attached hydrogen (secondary N) is 1. The molecule has 3 N–H and O–H groups in total. The van der Waals surface area contributed by atoms with Gasteiger partial charge in [-0.25, -0.2) is 23.1 Å². The molecule has 4 aromatic rings. The molecule has 0 aliphatic heterocycles. The number of imidazole rings is 1. The number of nitrogens with two attached hydrogens (primary N) is 1. The van der Waals surface area contributed by atoms with Crippen LogP contribution in [0.4, 0.5) is 5.82 Å². The van der Waals surface area contributed by atoms with Crippen LogP contribution >= 0.6 is 0 Å². The molecular formula is C24H29N5O3S. The number of anilines is 1. The highest BCUT2D eigenvalue weighted by molar-refractivity contribution is 7.89. The van der Waals surface area contributed by atoms with Crippen LogP contribution in [0.5, 0.6) is 0 Å². The van der Waals surface area contributed by atoms with E-state index in [1.165, 1.54) is 0 Å². The predicted octanol–water partition coefficient (Wildman–Crippen LogP) is 3.36. The number of rotatable bonds is 9. The first-order valence-corrected chi connectivity index (χ1v) is 12.3. The second-order valence-electron chi connectivity index (χ2n) is 8.87. The highest BCUT2D eigenvalue weighted by Crippen LogP contribution is 2.31. The van der Waals surface area contributed by atoms with Gasteiger partial charge < -0.3 is 15.0 Å². The van der Waals surface area contributed by atoms with Crippen molar-refractivity contribution >= 4 is 37.8 Å². The van der Waals surface area contributed by atoms with Gasteiger partial charge in [0.1, 0.15) is 11.3 Å². The molecule has 33 heavy (non-hydrogen) atoms. The van der Waals surface area contributed by atoms with Gasteiger partial charge in [-0.05, 0) is 23.6 Å². The highest BCUT2D eigenvalue weighted by atomic mass is 32.2. The number of pyridine rings is 1. The van der Waals surface area contributed by atoms with Crippen molar-refractivity contribution in [2.45, 2.75) is 31.7 Å². The van der Waals surface area contributed by atoms with Gasteiger partial charge in [-0.3, -0.25) is 0 Å². The largest absolute Gasteiger partial charge is 0.384 e. The van der Waals surface area contributed by atoms with Crippen LogP contribution < -0.4 is 10.5 Å². The van der Waals surface area contributed by atoms with E-state index in [0.29, 0.717) is 30.9 Å². The van der Waals surface area contributed by atoms with E-state index in [2.05, 4.69) is 14.3 Å². The Morgan fingerprint density at radius 3 is 2.48 bits per heavy atom. The molecule has 0 saturated heterocycles. The van der Waals surface area contributed by atoms with Crippen molar-refractivity contribution < 1.29 is 13.2 Å². The summed E-state index contributed by atoms with van der Waals surface area (Å²) in [6, 6.07) is 16.2. The zero-order valence-electron chi connectivity index (χ0n) is 19.1. The number of nitrogen functional groups attached to an aromatic ring is 1. The number of ether oxygens (including phenoxy) is 1. The Labute approximate surface area is 193 Å². The fraction of sp³-hybridized carbons (Fsp3) is 0.333. The first-order valence-electron chi connectivity index (χ1n) is 10.8. The molecule has 0 spiro atoms. The molecule has 4 rings (SSSR count). The maximum atomic E-state index is 12.7.